The third kappa shape index (κ3) is 12.3. The van der Waals surface area contributed by atoms with Gasteiger partial charge in [-0.05, 0) is 118 Å². The second-order valence-electron chi connectivity index (χ2n) is 12.0. The van der Waals surface area contributed by atoms with E-state index in [0.717, 1.165) is 36.3 Å². The zero-order valence-corrected chi connectivity index (χ0v) is 25.5. The van der Waals surface area contributed by atoms with Gasteiger partial charge in [-0.2, -0.15) is 0 Å². The lowest BCUT2D eigenvalue weighted by atomic mass is 9.79. The number of rotatable bonds is 18. The third-order valence-electron chi connectivity index (χ3n) is 8.65. The molecule has 3 heteroatoms. The Bertz CT molecular complexity index is 967. The van der Waals surface area contributed by atoms with Gasteiger partial charge in [-0.25, -0.2) is 4.79 Å². The summed E-state index contributed by atoms with van der Waals surface area (Å²) in [6.07, 6.45) is 24.0. The van der Waals surface area contributed by atoms with Crippen LogP contribution in [0.15, 0.2) is 60.7 Å². The molecule has 0 radical (unpaired) electrons. The molecule has 1 aliphatic carbocycles. The second-order valence-corrected chi connectivity index (χ2v) is 12.0. The van der Waals surface area contributed by atoms with Gasteiger partial charge < -0.3 is 9.47 Å². The van der Waals surface area contributed by atoms with Crippen molar-refractivity contribution in [3.8, 4) is 11.5 Å². The number of allylic oxidation sites excluding steroid dienone is 2. The highest BCUT2D eigenvalue weighted by molar-refractivity contribution is 5.91. The minimum atomic E-state index is -0.333. The van der Waals surface area contributed by atoms with Gasteiger partial charge in [0.1, 0.15) is 11.5 Å². The quantitative estimate of drug-likeness (QED) is 0.0807. The molecule has 0 bridgehead atoms. The van der Waals surface area contributed by atoms with Crippen molar-refractivity contribution in [2.75, 3.05) is 6.61 Å². The summed E-state index contributed by atoms with van der Waals surface area (Å²) in [5.74, 6) is 3.51. The number of unbranched alkanes of at least 4 members (excludes halogenated alkanes) is 5. The van der Waals surface area contributed by atoms with Crippen molar-refractivity contribution < 1.29 is 14.3 Å². The molecule has 1 atom stereocenters. The minimum Gasteiger partial charge on any atom is -0.494 e. The summed E-state index contributed by atoms with van der Waals surface area (Å²) in [6, 6.07) is 15.3. The summed E-state index contributed by atoms with van der Waals surface area (Å²) in [7, 11) is 0. The molecule has 1 unspecified atom stereocenters. The van der Waals surface area contributed by atoms with Crippen molar-refractivity contribution in [3.63, 3.8) is 0 Å². The SMILES string of the molecule is CCCCCC=CC1CCC(CCc2ccc(OC(=O)c3ccc(OCCCCCC(C)CC)cc3)cc2)CC1. The molecular weight excluding hydrogens is 492 g/mol. The predicted molar refractivity (Wildman–Crippen MR) is 168 cm³/mol. The van der Waals surface area contributed by atoms with E-state index in [1.807, 2.05) is 24.3 Å². The normalized spacial score (nSPS) is 18.1. The van der Waals surface area contributed by atoms with Crippen LogP contribution >= 0.6 is 0 Å². The number of benzene rings is 2. The average Bonchev–Trinajstić information content (AvgIpc) is 2.99. The number of hydrogen-bond donors (Lipinski definition) is 0. The Hall–Kier alpha value is -2.55. The third-order valence-corrected chi connectivity index (χ3v) is 8.65. The van der Waals surface area contributed by atoms with E-state index >= 15 is 0 Å². The van der Waals surface area contributed by atoms with Crippen LogP contribution in [0, 0.1) is 17.8 Å². The highest BCUT2D eigenvalue weighted by Gasteiger charge is 2.19. The van der Waals surface area contributed by atoms with Gasteiger partial charge in [0.15, 0.2) is 0 Å². The number of hydrogen-bond acceptors (Lipinski definition) is 3. The van der Waals surface area contributed by atoms with E-state index in [-0.39, 0.29) is 5.97 Å². The van der Waals surface area contributed by atoms with Gasteiger partial charge in [-0.1, -0.05) is 83.6 Å². The molecule has 0 aromatic heterocycles. The van der Waals surface area contributed by atoms with Crippen LogP contribution in [0.5, 0.6) is 11.5 Å². The Labute approximate surface area is 244 Å². The molecule has 0 amide bonds. The van der Waals surface area contributed by atoms with Gasteiger partial charge >= 0.3 is 5.97 Å². The number of aryl methyl sites for hydroxylation is 1. The van der Waals surface area contributed by atoms with Crippen LogP contribution in [0.4, 0.5) is 0 Å². The van der Waals surface area contributed by atoms with E-state index in [2.05, 4.69) is 45.1 Å². The molecule has 40 heavy (non-hydrogen) atoms. The predicted octanol–water partition coefficient (Wildman–Crippen LogP) is 10.8. The standard InChI is InChI=1S/C37H54O3/c1-4-6-7-8-11-14-31-15-17-32(18-16-31)19-20-33-21-25-36(26-22-33)40-37(38)34-23-27-35(28-24-34)39-29-12-9-10-13-30(3)5-2/h11,14,21-28,30-32H,4-10,12-13,15-20,29H2,1-3H3. The van der Waals surface area contributed by atoms with Crippen LogP contribution in [-0.2, 0) is 6.42 Å². The molecule has 2 aromatic carbocycles. The fourth-order valence-corrected chi connectivity index (χ4v) is 5.58. The van der Waals surface area contributed by atoms with Crippen LogP contribution in [0.1, 0.15) is 127 Å². The lowest BCUT2D eigenvalue weighted by molar-refractivity contribution is 0.0734. The van der Waals surface area contributed by atoms with Crippen molar-refractivity contribution in [2.45, 2.75) is 117 Å². The molecular formula is C37H54O3. The Morgan fingerprint density at radius 2 is 1.60 bits per heavy atom. The van der Waals surface area contributed by atoms with Crippen LogP contribution in [0.2, 0.25) is 0 Å². The van der Waals surface area contributed by atoms with Crippen LogP contribution in [0.3, 0.4) is 0 Å². The Morgan fingerprint density at radius 1 is 0.875 bits per heavy atom. The van der Waals surface area contributed by atoms with Crippen molar-refractivity contribution in [1.29, 1.82) is 0 Å². The van der Waals surface area contributed by atoms with Gasteiger partial charge in [0, 0.05) is 0 Å². The summed E-state index contributed by atoms with van der Waals surface area (Å²) in [5.41, 5.74) is 1.86. The van der Waals surface area contributed by atoms with Crippen molar-refractivity contribution in [1.82, 2.24) is 0 Å². The van der Waals surface area contributed by atoms with E-state index in [9.17, 15) is 4.79 Å². The first-order chi connectivity index (χ1) is 19.6. The van der Waals surface area contributed by atoms with E-state index in [1.54, 1.807) is 12.1 Å². The number of ether oxygens (including phenoxy) is 2. The van der Waals surface area contributed by atoms with E-state index < -0.39 is 0 Å². The Morgan fingerprint density at radius 3 is 2.30 bits per heavy atom. The van der Waals surface area contributed by atoms with Gasteiger partial charge in [0.05, 0.1) is 12.2 Å². The molecule has 0 saturated heterocycles. The Kier molecular flexibility index (Phi) is 15.0. The summed E-state index contributed by atoms with van der Waals surface area (Å²) in [4.78, 5) is 12.6. The molecule has 3 nitrogen and oxygen atoms in total. The van der Waals surface area contributed by atoms with E-state index in [1.165, 1.54) is 89.0 Å². The fraction of sp³-hybridized carbons (Fsp3) is 0.595. The van der Waals surface area contributed by atoms with Crippen molar-refractivity contribution in [2.24, 2.45) is 17.8 Å². The maximum Gasteiger partial charge on any atom is 0.343 e. The minimum absolute atomic E-state index is 0.333. The van der Waals surface area contributed by atoms with Gasteiger partial charge in [-0.15, -0.1) is 0 Å². The van der Waals surface area contributed by atoms with Crippen molar-refractivity contribution >= 4 is 5.97 Å². The zero-order chi connectivity index (χ0) is 28.4. The lowest BCUT2D eigenvalue weighted by Crippen LogP contribution is -2.13. The Balaban J connectivity index is 1.31. The highest BCUT2D eigenvalue weighted by Crippen LogP contribution is 2.32. The molecule has 1 fully saturated rings. The molecule has 0 aliphatic heterocycles. The number of carbonyl (C=O) groups is 1. The summed E-state index contributed by atoms with van der Waals surface area (Å²) < 4.78 is 11.5. The molecule has 2 aromatic rings. The monoisotopic (exact) mass is 546 g/mol. The largest absolute Gasteiger partial charge is 0.494 e. The molecule has 220 valence electrons. The van der Waals surface area contributed by atoms with Gasteiger partial charge in [0.2, 0.25) is 0 Å². The van der Waals surface area contributed by atoms with E-state index in [4.69, 9.17) is 9.47 Å². The summed E-state index contributed by atoms with van der Waals surface area (Å²) >= 11 is 0. The average molecular weight is 547 g/mol. The lowest BCUT2D eigenvalue weighted by Gasteiger charge is -2.26. The van der Waals surface area contributed by atoms with Crippen LogP contribution in [-0.4, -0.2) is 12.6 Å². The first kappa shape index (κ1) is 32.0. The first-order valence-electron chi connectivity index (χ1n) is 16.3. The topological polar surface area (TPSA) is 35.5 Å². The molecule has 0 spiro atoms. The summed E-state index contributed by atoms with van der Waals surface area (Å²) in [6.45, 7) is 7.56. The van der Waals surface area contributed by atoms with Gasteiger partial charge in [0.25, 0.3) is 0 Å². The van der Waals surface area contributed by atoms with Crippen LogP contribution in [0.25, 0.3) is 0 Å². The van der Waals surface area contributed by atoms with Gasteiger partial charge in [-0.3, -0.25) is 0 Å². The van der Waals surface area contributed by atoms with E-state index in [0.29, 0.717) is 17.9 Å². The number of esters is 1. The van der Waals surface area contributed by atoms with Crippen LogP contribution < -0.4 is 9.47 Å². The van der Waals surface area contributed by atoms with Crippen molar-refractivity contribution in [3.05, 3.63) is 71.8 Å². The fourth-order valence-electron chi connectivity index (χ4n) is 5.58. The second kappa shape index (κ2) is 18.7. The highest BCUT2D eigenvalue weighted by atomic mass is 16.5. The smallest absolute Gasteiger partial charge is 0.343 e. The molecule has 1 saturated carbocycles. The maximum atomic E-state index is 12.6. The molecule has 3 rings (SSSR count). The zero-order valence-electron chi connectivity index (χ0n) is 25.5. The maximum absolute atomic E-state index is 12.6. The molecule has 0 heterocycles. The summed E-state index contributed by atoms with van der Waals surface area (Å²) in [5, 5.41) is 0. The first-order valence-corrected chi connectivity index (χ1v) is 16.3. The molecule has 0 N–H and O–H groups in total. The molecule has 1 aliphatic rings. The number of carbonyl (C=O) groups excluding carboxylic acids is 1.